The first-order valence-corrected chi connectivity index (χ1v) is 8.93. The highest BCUT2D eigenvalue weighted by Gasteiger charge is 2.33. The number of methoxy groups -OCH3 is 1. The second-order valence-corrected chi connectivity index (χ2v) is 6.80. The van der Waals surface area contributed by atoms with Crippen LogP contribution in [0, 0.1) is 13.8 Å². The molecular weight excluding hydrogens is 314 g/mol. The molecule has 0 spiro atoms. The van der Waals surface area contributed by atoms with E-state index in [2.05, 4.69) is 16.9 Å². The minimum absolute atomic E-state index is 0.173. The van der Waals surface area contributed by atoms with E-state index in [1.165, 1.54) is 5.56 Å². The van der Waals surface area contributed by atoms with Gasteiger partial charge in [0.1, 0.15) is 5.75 Å². The molecule has 0 N–H and O–H groups in total. The number of hydrogen-bond acceptors (Lipinski definition) is 3. The van der Waals surface area contributed by atoms with E-state index in [4.69, 9.17) is 4.74 Å². The summed E-state index contributed by atoms with van der Waals surface area (Å²) in [4.78, 5) is 14.9. The van der Waals surface area contributed by atoms with E-state index in [0.29, 0.717) is 6.42 Å². The molecule has 0 aliphatic carbocycles. The van der Waals surface area contributed by atoms with Gasteiger partial charge >= 0.3 is 0 Å². The van der Waals surface area contributed by atoms with Crippen molar-refractivity contribution in [2.45, 2.75) is 45.6 Å². The zero-order valence-corrected chi connectivity index (χ0v) is 15.6. The largest absolute Gasteiger partial charge is 0.497 e. The van der Waals surface area contributed by atoms with Gasteiger partial charge in [-0.1, -0.05) is 12.1 Å². The molecule has 0 saturated carbocycles. The lowest BCUT2D eigenvalue weighted by Crippen LogP contribution is -2.31. The number of likely N-dealkylation sites (tertiary alicyclic amines) is 1. The second kappa shape index (κ2) is 7.30. The molecule has 1 aliphatic heterocycles. The van der Waals surface area contributed by atoms with Gasteiger partial charge < -0.3 is 9.64 Å². The molecule has 2 heterocycles. The van der Waals surface area contributed by atoms with Crippen molar-refractivity contribution in [1.82, 2.24) is 14.7 Å². The van der Waals surface area contributed by atoms with Crippen molar-refractivity contribution >= 4 is 5.91 Å². The number of hydrogen-bond donors (Lipinski definition) is 0. The highest BCUT2D eigenvalue weighted by Crippen LogP contribution is 2.35. The maximum absolute atomic E-state index is 12.9. The van der Waals surface area contributed by atoms with Crippen molar-refractivity contribution in [3.05, 3.63) is 46.8 Å². The molecule has 5 heteroatoms. The molecule has 0 unspecified atom stereocenters. The number of aromatic nitrogens is 2. The van der Waals surface area contributed by atoms with Crippen LogP contribution in [0.4, 0.5) is 0 Å². The Kier molecular flexibility index (Phi) is 5.11. The molecule has 1 aromatic heterocycles. The fourth-order valence-electron chi connectivity index (χ4n) is 3.86. The molecule has 1 saturated heterocycles. The van der Waals surface area contributed by atoms with Crippen LogP contribution in [0.5, 0.6) is 5.75 Å². The summed E-state index contributed by atoms with van der Waals surface area (Å²) in [5, 5.41) is 4.53. The van der Waals surface area contributed by atoms with Crippen molar-refractivity contribution in [3.63, 3.8) is 0 Å². The summed E-state index contributed by atoms with van der Waals surface area (Å²) in [6, 6.07) is 8.12. The van der Waals surface area contributed by atoms with Crippen LogP contribution in [0.2, 0.25) is 0 Å². The lowest BCUT2D eigenvalue weighted by molar-refractivity contribution is -0.132. The van der Waals surface area contributed by atoms with E-state index >= 15 is 0 Å². The molecule has 5 nitrogen and oxygen atoms in total. The molecule has 3 rings (SSSR count). The van der Waals surface area contributed by atoms with Gasteiger partial charge in [0.05, 0.1) is 18.8 Å². The van der Waals surface area contributed by atoms with E-state index in [-0.39, 0.29) is 11.9 Å². The van der Waals surface area contributed by atoms with Crippen LogP contribution in [0.1, 0.15) is 47.8 Å². The summed E-state index contributed by atoms with van der Waals surface area (Å²) in [5.41, 5.74) is 4.57. The van der Waals surface area contributed by atoms with Gasteiger partial charge in [-0.25, -0.2) is 0 Å². The van der Waals surface area contributed by atoms with E-state index in [9.17, 15) is 4.79 Å². The van der Waals surface area contributed by atoms with Gasteiger partial charge in [-0.15, -0.1) is 0 Å². The van der Waals surface area contributed by atoms with Crippen molar-refractivity contribution < 1.29 is 9.53 Å². The highest BCUT2D eigenvalue weighted by molar-refractivity contribution is 5.77. The van der Waals surface area contributed by atoms with Crippen LogP contribution in [0.15, 0.2) is 24.3 Å². The van der Waals surface area contributed by atoms with Gasteiger partial charge in [0.25, 0.3) is 0 Å². The van der Waals surface area contributed by atoms with Crippen LogP contribution in [0.25, 0.3) is 0 Å². The fourth-order valence-corrected chi connectivity index (χ4v) is 3.86. The Hall–Kier alpha value is -2.30. The monoisotopic (exact) mass is 341 g/mol. The Balaban J connectivity index is 1.70. The summed E-state index contributed by atoms with van der Waals surface area (Å²) in [7, 11) is 3.63. The number of aryl methyl sites for hydroxylation is 3. The Morgan fingerprint density at radius 1 is 1.36 bits per heavy atom. The molecule has 2 aromatic rings. The molecule has 1 atom stereocenters. The van der Waals surface area contributed by atoms with Crippen LogP contribution in [-0.4, -0.2) is 34.2 Å². The molecule has 1 fully saturated rings. The number of carbonyl (C=O) groups excluding carboxylic acids is 1. The molecule has 1 amide bonds. The third kappa shape index (κ3) is 3.55. The summed E-state index contributed by atoms with van der Waals surface area (Å²) in [6.07, 6.45) is 3.36. The highest BCUT2D eigenvalue weighted by atomic mass is 16.5. The quantitative estimate of drug-likeness (QED) is 0.838. The van der Waals surface area contributed by atoms with Gasteiger partial charge in [0.2, 0.25) is 5.91 Å². The molecule has 25 heavy (non-hydrogen) atoms. The Morgan fingerprint density at radius 3 is 2.84 bits per heavy atom. The van der Waals surface area contributed by atoms with Crippen molar-refractivity contribution in [1.29, 1.82) is 0 Å². The molecular formula is C20H27N3O2. The van der Waals surface area contributed by atoms with Gasteiger partial charge in [0.15, 0.2) is 0 Å². The zero-order valence-electron chi connectivity index (χ0n) is 15.6. The Morgan fingerprint density at radius 2 is 2.16 bits per heavy atom. The lowest BCUT2D eigenvalue weighted by atomic mass is 10.0. The van der Waals surface area contributed by atoms with Gasteiger partial charge in [0, 0.05) is 31.3 Å². The van der Waals surface area contributed by atoms with Crippen LogP contribution in [0.3, 0.4) is 0 Å². The van der Waals surface area contributed by atoms with Gasteiger partial charge in [-0.3, -0.25) is 9.48 Å². The van der Waals surface area contributed by atoms with Crippen LogP contribution >= 0.6 is 0 Å². The fraction of sp³-hybridized carbons (Fsp3) is 0.500. The van der Waals surface area contributed by atoms with Crippen molar-refractivity contribution in [2.75, 3.05) is 13.7 Å². The number of rotatable bonds is 5. The second-order valence-electron chi connectivity index (χ2n) is 6.80. The van der Waals surface area contributed by atoms with Crippen LogP contribution in [-0.2, 0) is 18.3 Å². The van der Waals surface area contributed by atoms with E-state index in [0.717, 1.165) is 48.5 Å². The predicted molar refractivity (Wildman–Crippen MR) is 97.7 cm³/mol. The number of benzene rings is 1. The molecule has 0 radical (unpaired) electrons. The average Bonchev–Trinajstić information content (AvgIpc) is 3.17. The topological polar surface area (TPSA) is 47.4 Å². The Bertz CT molecular complexity index is 766. The molecule has 1 aliphatic rings. The molecule has 134 valence electrons. The molecule has 1 aromatic carbocycles. The lowest BCUT2D eigenvalue weighted by Gasteiger charge is -2.25. The first kappa shape index (κ1) is 17.5. The van der Waals surface area contributed by atoms with Crippen LogP contribution < -0.4 is 4.74 Å². The summed E-state index contributed by atoms with van der Waals surface area (Å²) in [5.74, 6) is 1.07. The third-order valence-electron chi connectivity index (χ3n) is 5.23. The maximum Gasteiger partial charge on any atom is 0.223 e. The minimum Gasteiger partial charge on any atom is -0.497 e. The summed E-state index contributed by atoms with van der Waals surface area (Å²) in [6.45, 7) is 4.97. The normalized spacial score (nSPS) is 17.1. The van der Waals surface area contributed by atoms with Crippen molar-refractivity contribution in [2.24, 2.45) is 7.05 Å². The van der Waals surface area contributed by atoms with E-state index in [1.807, 2.05) is 42.9 Å². The number of nitrogens with zero attached hydrogens (tertiary/aromatic N) is 3. The number of amides is 1. The average molecular weight is 341 g/mol. The Labute approximate surface area is 149 Å². The first-order valence-electron chi connectivity index (χ1n) is 8.93. The van der Waals surface area contributed by atoms with Gasteiger partial charge in [-0.2, -0.15) is 5.10 Å². The van der Waals surface area contributed by atoms with E-state index < -0.39 is 0 Å². The maximum atomic E-state index is 12.9. The summed E-state index contributed by atoms with van der Waals surface area (Å²) >= 11 is 0. The minimum atomic E-state index is 0.173. The third-order valence-corrected chi connectivity index (χ3v) is 5.23. The zero-order chi connectivity index (χ0) is 18.0. The summed E-state index contributed by atoms with van der Waals surface area (Å²) < 4.78 is 7.18. The van der Waals surface area contributed by atoms with Gasteiger partial charge in [-0.05, 0) is 50.8 Å². The SMILES string of the molecule is COc1cccc(CCC(=O)N2CCC[C@H]2c2c(C)nn(C)c2C)c1. The first-order chi connectivity index (χ1) is 12.0. The van der Waals surface area contributed by atoms with E-state index in [1.54, 1.807) is 7.11 Å². The number of carbonyl (C=O) groups is 1. The number of ether oxygens (including phenoxy) is 1. The predicted octanol–water partition coefficient (Wildman–Crippen LogP) is 3.34. The smallest absolute Gasteiger partial charge is 0.223 e. The van der Waals surface area contributed by atoms with Crippen molar-refractivity contribution in [3.8, 4) is 5.75 Å². The standard InChI is InChI=1S/C20H27N3O2/c1-14-20(15(2)22(3)21-14)18-9-6-12-23(18)19(24)11-10-16-7-5-8-17(13-16)25-4/h5,7-8,13,18H,6,9-12H2,1-4H3/t18-/m0/s1. The molecule has 0 bridgehead atoms.